The number of halogens is 4. The van der Waals surface area contributed by atoms with E-state index < -0.39 is 11.7 Å². The molecule has 0 aliphatic heterocycles. The van der Waals surface area contributed by atoms with Crippen molar-refractivity contribution in [3.8, 4) is 5.75 Å². The van der Waals surface area contributed by atoms with Crippen LogP contribution in [0.25, 0.3) is 0 Å². The van der Waals surface area contributed by atoms with Gasteiger partial charge in [0.25, 0.3) is 0 Å². The highest BCUT2D eigenvalue weighted by Crippen LogP contribution is 2.31. The smallest absolute Gasteiger partial charge is 0.416 e. The first-order valence-electron chi connectivity index (χ1n) is 7.79. The Morgan fingerprint density at radius 2 is 1.88 bits per heavy atom. The van der Waals surface area contributed by atoms with Gasteiger partial charge in [-0.25, -0.2) is 0 Å². The van der Waals surface area contributed by atoms with Gasteiger partial charge < -0.3 is 20.1 Å². The van der Waals surface area contributed by atoms with Crippen LogP contribution in [0.3, 0.4) is 0 Å². The standard InChI is InChI=1S/C16H24F3N3O2.HI/c1-3-23-10-5-8-21-15(20-2)22-9-11-24-14-7-4-6-13(12-14)16(17,18)19;/h4,6-7,12H,3,5,8-11H2,1-2H3,(H2,20,21,22);1H. The van der Waals surface area contributed by atoms with Crippen LogP contribution >= 0.6 is 24.0 Å². The maximum absolute atomic E-state index is 12.6. The molecule has 0 unspecified atom stereocenters. The molecule has 5 nitrogen and oxygen atoms in total. The Labute approximate surface area is 163 Å². The number of guanidine groups is 1. The van der Waals surface area contributed by atoms with Gasteiger partial charge in [-0.05, 0) is 31.5 Å². The number of hydrogen-bond acceptors (Lipinski definition) is 3. The number of alkyl halides is 3. The van der Waals surface area contributed by atoms with Crippen LogP contribution in [0.2, 0.25) is 0 Å². The Balaban J connectivity index is 0.00000576. The summed E-state index contributed by atoms with van der Waals surface area (Å²) in [5, 5.41) is 6.14. The summed E-state index contributed by atoms with van der Waals surface area (Å²) in [6, 6.07) is 4.82. The second-order valence-corrected chi connectivity index (χ2v) is 4.85. The highest BCUT2D eigenvalue weighted by molar-refractivity contribution is 14.0. The van der Waals surface area contributed by atoms with Gasteiger partial charge in [-0.3, -0.25) is 4.99 Å². The van der Waals surface area contributed by atoms with Crippen molar-refractivity contribution in [3.63, 3.8) is 0 Å². The Morgan fingerprint density at radius 3 is 2.52 bits per heavy atom. The van der Waals surface area contributed by atoms with Crippen LogP contribution in [-0.4, -0.2) is 45.9 Å². The third kappa shape index (κ3) is 10.4. The Hall–Kier alpha value is -1.23. The highest BCUT2D eigenvalue weighted by atomic mass is 127. The summed E-state index contributed by atoms with van der Waals surface area (Å²) in [7, 11) is 1.64. The minimum Gasteiger partial charge on any atom is -0.492 e. The fourth-order valence-corrected chi connectivity index (χ4v) is 1.85. The lowest BCUT2D eigenvalue weighted by molar-refractivity contribution is -0.137. The van der Waals surface area contributed by atoms with Crippen molar-refractivity contribution < 1.29 is 22.6 Å². The predicted molar refractivity (Wildman–Crippen MR) is 103 cm³/mol. The highest BCUT2D eigenvalue weighted by Gasteiger charge is 2.30. The van der Waals surface area contributed by atoms with Crippen LogP contribution in [0.1, 0.15) is 18.9 Å². The third-order valence-electron chi connectivity index (χ3n) is 3.01. The van der Waals surface area contributed by atoms with Crippen LogP contribution in [0.4, 0.5) is 13.2 Å². The molecular formula is C16H25F3IN3O2. The molecule has 144 valence electrons. The van der Waals surface area contributed by atoms with Crippen LogP contribution in [0, 0.1) is 0 Å². The van der Waals surface area contributed by atoms with E-state index in [-0.39, 0.29) is 36.3 Å². The van der Waals surface area contributed by atoms with Gasteiger partial charge in [0.05, 0.1) is 12.1 Å². The lowest BCUT2D eigenvalue weighted by Crippen LogP contribution is -2.39. The summed E-state index contributed by atoms with van der Waals surface area (Å²) in [4.78, 5) is 4.05. The zero-order valence-corrected chi connectivity index (χ0v) is 16.7. The first kappa shape index (κ1) is 23.8. The second-order valence-electron chi connectivity index (χ2n) is 4.85. The van der Waals surface area contributed by atoms with Crippen molar-refractivity contribution >= 4 is 29.9 Å². The van der Waals surface area contributed by atoms with Gasteiger partial charge in [-0.2, -0.15) is 13.2 Å². The summed E-state index contributed by atoms with van der Waals surface area (Å²) < 4.78 is 48.4. The van der Waals surface area contributed by atoms with Gasteiger partial charge in [0.15, 0.2) is 5.96 Å². The van der Waals surface area contributed by atoms with Crippen LogP contribution < -0.4 is 15.4 Å². The zero-order chi connectivity index (χ0) is 17.8. The predicted octanol–water partition coefficient (Wildman–Crippen LogP) is 3.29. The molecule has 0 spiro atoms. The molecule has 0 aromatic heterocycles. The van der Waals surface area contributed by atoms with E-state index in [1.807, 2.05) is 6.92 Å². The molecule has 0 heterocycles. The number of hydrogen-bond donors (Lipinski definition) is 2. The summed E-state index contributed by atoms with van der Waals surface area (Å²) >= 11 is 0. The van der Waals surface area contributed by atoms with Gasteiger partial charge >= 0.3 is 6.18 Å². The maximum Gasteiger partial charge on any atom is 0.416 e. The topological polar surface area (TPSA) is 54.9 Å². The van der Waals surface area contributed by atoms with E-state index in [1.54, 1.807) is 7.05 Å². The van der Waals surface area contributed by atoms with Crippen LogP contribution in [0.5, 0.6) is 5.75 Å². The molecule has 0 bridgehead atoms. The summed E-state index contributed by atoms with van der Waals surface area (Å²) in [6.45, 7) is 4.67. The zero-order valence-electron chi connectivity index (χ0n) is 14.4. The van der Waals surface area contributed by atoms with Crippen molar-refractivity contribution in [2.45, 2.75) is 19.5 Å². The molecule has 0 atom stereocenters. The number of rotatable bonds is 9. The average Bonchev–Trinajstić information content (AvgIpc) is 2.56. The molecule has 1 rings (SSSR count). The Bertz CT molecular complexity index is 514. The van der Waals surface area contributed by atoms with Crippen molar-refractivity contribution in [3.05, 3.63) is 29.8 Å². The van der Waals surface area contributed by atoms with Gasteiger partial charge in [0.1, 0.15) is 12.4 Å². The molecule has 0 aliphatic rings. The largest absolute Gasteiger partial charge is 0.492 e. The van der Waals surface area contributed by atoms with Crippen molar-refractivity contribution in [2.75, 3.05) is 40.0 Å². The molecule has 0 fully saturated rings. The normalized spacial score (nSPS) is 11.6. The fourth-order valence-electron chi connectivity index (χ4n) is 1.85. The fraction of sp³-hybridized carbons (Fsp3) is 0.562. The van der Waals surface area contributed by atoms with Crippen LogP contribution in [0.15, 0.2) is 29.3 Å². The summed E-state index contributed by atoms with van der Waals surface area (Å²) in [5.74, 6) is 0.797. The molecule has 1 aromatic carbocycles. The Morgan fingerprint density at radius 1 is 1.16 bits per heavy atom. The molecule has 1 aromatic rings. The molecule has 0 amide bonds. The molecule has 9 heteroatoms. The van der Waals surface area contributed by atoms with E-state index >= 15 is 0 Å². The van der Waals surface area contributed by atoms with Crippen molar-refractivity contribution in [1.29, 1.82) is 0 Å². The molecule has 0 saturated heterocycles. The molecule has 2 N–H and O–H groups in total. The van der Waals surface area contributed by atoms with Crippen molar-refractivity contribution in [1.82, 2.24) is 10.6 Å². The molecule has 0 saturated carbocycles. The van der Waals surface area contributed by atoms with Gasteiger partial charge in [0, 0.05) is 26.8 Å². The summed E-state index contributed by atoms with van der Waals surface area (Å²) in [5.41, 5.74) is -0.722. The number of aliphatic imine (C=N–C) groups is 1. The van der Waals surface area contributed by atoms with E-state index in [9.17, 15) is 13.2 Å². The maximum atomic E-state index is 12.6. The number of nitrogens with zero attached hydrogens (tertiary/aromatic N) is 1. The first-order valence-corrected chi connectivity index (χ1v) is 7.79. The van der Waals surface area contributed by atoms with Crippen LogP contribution in [-0.2, 0) is 10.9 Å². The van der Waals surface area contributed by atoms with E-state index in [0.717, 1.165) is 18.6 Å². The molecular weight excluding hydrogens is 450 g/mol. The van der Waals surface area contributed by atoms with E-state index in [1.165, 1.54) is 12.1 Å². The molecule has 0 aliphatic carbocycles. The first-order chi connectivity index (χ1) is 11.5. The lowest BCUT2D eigenvalue weighted by atomic mass is 10.2. The second kappa shape index (κ2) is 13.0. The van der Waals surface area contributed by atoms with E-state index in [4.69, 9.17) is 9.47 Å². The summed E-state index contributed by atoms with van der Waals surface area (Å²) in [6.07, 6.45) is -3.51. The average molecular weight is 475 g/mol. The van der Waals surface area contributed by atoms with E-state index in [2.05, 4.69) is 15.6 Å². The lowest BCUT2D eigenvalue weighted by Gasteiger charge is -2.13. The van der Waals surface area contributed by atoms with Gasteiger partial charge in [-0.15, -0.1) is 24.0 Å². The number of nitrogens with one attached hydrogen (secondary N) is 2. The van der Waals surface area contributed by atoms with Gasteiger partial charge in [0.2, 0.25) is 0 Å². The third-order valence-corrected chi connectivity index (χ3v) is 3.01. The number of benzene rings is 1. The minimum absolute atomic E-state index is 0. The van der Waals surface area contributed by atoms with Crippen molar-refractivity contribution in [2.24, 2.45) is 4.99 Å². The van der Waals surface area contributed by atoms with Gasteiger partial charge in [-0.1, -0.05) is 6.07 Å². The number of ether oxygens (including phenoxy) is 2. The molecule has 0 radical (unpaired) electrons. The van der Waals surface area contributed by atoms with E-state index in [0.29, 0.717) is 32.3 Å². The minimum atomic E-state index is -4.37. The SMILES string of the molecule is CCOCCCNC(=NC)NCCOc1cccc(C(F)(F)F)c1.I. The quantitative estimate of drug-likeness (QED) is 0.249. The Kier molecular flexibility index (Phi) is 12.4. The molecule has 25 heavy (non-hydrogen) atoms. The monoisotopic (exact) mass is 475 g/mol.